The summed E-state index contributed by atoms with van der Waals surface area (Å²) in [6, 6.07) is 2.59. The van der Waals surface area contributed by atoms with Gasteiger partial charge in [-0.05, 0) is 45.1 Å². The maximum absolute atomic E-state index is 5.83. The first-order valence-corrected chi connectivity index (χ1v) is 7.56. The largest absolute Gasteiger partial charge is 0.384 e. The standard InChI is InChI=1S/C15H24N4/c1-11-9-14(16)18-15(17-11)10-19-8-4-6-12-5-2-3-7-13(12)19/h9,12-13H,2-8,10H2,1H3,(H2,16,17,18)/t12-,13-/m1/s1. The van der Waals surface area contributed by atoms with E-state index in [4.69, 9.17) is 5.73 Å². The van der Waals surface area contributed by atoms with E-state index in [-0.39, 0.29) is 0 Å². The van der Waals surface area contributed by atoms with E-state index < -0.39 is 0 Å². The van der Waals surface area contributed by atoms with Crippen molar-refractivity contribution in [2.45, 2.75) is 58.0 Å². The van der Waals surface area contributed by atoms with Gasteiger partial charge in [-0.15, -0.1) is 0 Å². The third-order valence-electron chi connectivity index (χ3n) is 4.62. The van der Waals surface area contributed by atoms with Gasteiger partial charge in [0, 0.05) is 17.8 Å². The van der Waals surface area contributed by atoms with Gasteiger partial charge in [0.2, 0.25) is 0 Å². The van der Waals surface area contributed by atoms with Crippen LogP contribution in [0.3, 0.4) is 0 Å². The third-order valence-corrected chi connectivity index (χ3v) is 4.62. The van der Waals surface area contributed by atoms with Crippen molar-refractivity contribution in [3.05, 3.63) is 17.6 Å². The second-order valence-corrected chi connectivity index (χ2v) is 6.08. The van der Waals surface area contributed by atoms with Crippen molar-refractivity contribution < 1.29 is 0 Å². The molecule has 2 aliphatic rings. The lowest BCUT2D eigenvalue weighted by molar-refractivity contribution is 0.0527. The van der Waals surface area contributed by atoms with Crippen molar-refractivity contribution in [2.75, 3.05) is 12.3 Å². The topological polar surface area (TPSA) is 55.0 Å². The fourth-order valence-electron chi connectivity index (χ4n) is 3.83. The first-order chi connectivity index (χ1) is 9.22. The van der Waals surface area contributed by atoms with Crippen molar-refractivity contribution in [3.8, 4) is 0 Å². The molecule has 0 bridgehead atoms. The van der Waals surface area contributed by atoms with Crippen LogP contribution in [-0.4, -0.2) is 27.5 Å². The molecular formula is C15H24N4. The fourth-order valence-corrected chi connectivity index (χ4v) is 3.83. The normalized spacial score (nSPS) is 28.1. The van der Waals surface area contributed by atoms with Crippen molar-refractivity contribution in [1.29, 1.82) is 0 Å². The van der Waals surface area contributed by atoms with Crippen LogP contribution >= 0.6 is 0 Å². The molecule has 19 heavy (non-hydrogen) atoms. The van der Waals surface area contributed by atoms with E-state index in [1.54, 1.807) is 0 Å². The Balaban J connectivity index is 1.74. The van der Waals surface area contributed by atoms with Gasteiger partial charge < -0.3 is 5.73 Å². The number of likely N-dealkylation sites (tertiary alicyclic amines) is 1. The molecule has 4 nitrogen and oxygen atoms in total. The van der Waals surface area contributed by atoms with Crippen LogP contribution in [0.4, 0.5) is 5.82 Å². The van der Waals surface area contributed by atoms with Crippen LogP contribution < -0.4 is 5.73 Å². The Morgan fingerprint density at radius 2 is 2.00 bits per heavy atom. The van der Waals surface area contributed by atoms with Crippen molar-refractivity contribution >= 4 is 5.82 Å². The quantitative estimate of drug-likeness (QED) is 0.887. The van der Waals surface area contributed by atoms with Gasteiger partial charge in [-0.1, -0.05) is 12.8 Å². The zero-order valence-electron chi connectivity index (χ0n) is 11.8. The van der Waals surface area contributed by atoms with E-state index in [2.05, 4.69) is 14.9 Å². The first kappa shape index (κ1) is 12.9. The molecular weight excluding hydrogens is 236 g/mol. The second kappa shape index (κ2) is 5.45. The van der Waals surface area contributed by atoms with E-state index in [1.807, 2.05) is 13.0 Å². The summed E-state index contributed by atoms with van der Waals surface area (Å²) >= 11 is 0. The molecule has 4 heteroatoms. The number of nitrogens with zero attached hydrogens (tertiary/aromatic N) is 3. The van der Waals surface area contributed by atoms with Crippen molar-refractivity contribution in [3.63, 3.8) is 0 Å². The number of rotatable bonds is 2. The summed E-state index contributed by atoms with van der Waals surface area (Å²) in [7, 11) is 0. The van der Waals surface area contributed by atoms with Gasteiger partial charge >= 0.3 is 0 Å². The van der Waals surface area contributed by atoms with E-state index in [0.29, 0.717) is 5.82 Å². The molecule has 0 amide bonds. The van der Waals surface area contributed by atoms with Crippen LogP contribution in [0.5, 0.6) is 0 Å². The van der Waals surface area contributed by atoms with E-state index in [0.717, 1.165) is 30.0 Å². The summed E-state index contributed by atoms with van der Waals surface area (Å²) in [5.41, 5.74) is 6.80. The Kier molecular flexibility index (Phi) is 3.69. The Morgan fingerprint density at radius 3 is 2.84 bits per heavy atom. The molecule has 1 aromatic heterocycles. The number of hydrogen-bond acceptors (Lipinski definition) is 4. The van der Waals surface area contributed by atoms with E-state index in [1.165, 1.54) is 45.1 Å². The van der Waals surface area contributed by atoms with Crippen molar-refractivity contribution in [1.82, 2.24) is 14.9 Å². The molecule has 2 fully saturated rings. The van der Waals surface area contributed by atoms with Gasteiger partial charge in [0.15, 0.2) is 0 Å². The van der Waals surface area contributed by atoms with Gasteiger partial charge in [0.05, 0.1) is 6.54 Å². The lowest BCUT2D eigenvalue weighted by Crippen LogP contribution is -2.46. The predicted octanol–water partition coefficient (Wildman–Crippen LogP) is 2.52. The molecule has 1 saturated carbocycles. The summed E-state index contributed by atoms with van der Waals surface area (Å²) in [4.78, 5) is 11.5. The molecule has 0 radical (unpaired) electrons. The van der Waals surface area contributed by atoms with Crippen LogP contribution in [0.1, 0.15) is 50.0 Å². The number of nitrogens with two attached hydrogens (primary N) is 1. The number of aryl methyl sites for hydroxylation is 1. The minimum Gasteiger partial charge on any atom is -0.384 e. The van der Waals surface area contributed by atoms with E-state index in [9.17, 15) is 0 Å². The molecule has 1 aliphatic carbocycles. The van der Waals surface area contributed by atoms with Crippen LogP contribution in [-0.2, 0) is 6.54 Å². The Hall–Kier alpha value is -1.16. The molecule has 104 valence electrons. The number of piperidine rings is 1. The summed E-state index contributed by atoms with van der Waals surface area (Å²) < 4.78 is 0. The average Bonchev–Trinajstić information content (AvgIpc) is 2.38. The molecule has 2 heterocycles. The highest BCUT2D eigenvalue weighted by Crippen LogP contribution is 2.35. The van der Waals surface area contributed by atoms with Gasteiger partial charge in [-0.2, -0.15) is 0 Å². The average molecular weight is 260 g/mol. The molecule has 1 aliphatic heterocycles. The maximum atomic E-state index is 5.83. The summed E-state index contributed by atoms with van der Waals surface area (Å²) in [6.07, 6.45) is 8.31. The lowest BCUT2D eigenvalue weighted by atomic mass is 9.78. The molecule has 1 aromatic rings. The van der Waals surface area contributed by atoms with Crippen LogP contribution in [0.25, 0.3) is 0 Å². The molecule has 0 unspecified atom stereocenters. The lowest BCUT2D eigenvalue weighted by Gasteiger charge is -2.43. The second-order valence-electron chi connectivity index (χ2n) is 6.08. The highest BCUT2D eigenvalue weighted by Gasteiger charge is 2.33. The number of fused-ring (bicyclic) bond motifs is 1. The minimum absolute atomic E-state index is 0.597. The predicted molar refractivity (Wildman–Crippen MR) is 76.6 cm³/mol. The van der Waals surface area contributed by atoms with Crippen LogP contribution in [0.15, 0.2) is 6.07 Å². The number of hydrogen-bond donors (Lipinski definition) is 1. The summed E-state index contributed by atoms with van der Waals surface area (Å²) in [5.74, 6) is 2.40. The first-order valence-electron chi connectivity index (χ1n) is 7.56. The Bertz CT molecular complexity index is 424. The summed E-state index contributed by atoms with van der Waals surface area (Å²) in [5, 5.41) is 0. The minimum atomic E-state index is 0.597. The zero-order valence-corrected chi connectivity index (χ0v) is 11.8. The molecule has 0 aromatic carbocycles. The number of nitrogen functional groups attached to an aromatic ring is 1. The Morgan fingerprint density at radius 1 is 1.21 bits per heavy atom. The molecule has 3 rings (SSSR count). The van der Waals surface area contributed by atoms with Gasteiger partial charge in [-0.25, -0.2) is 9.97 Å². The highest BCUT2D eigenvalue weighted by molar-refractivity contribution is 5.29. The SMILES string of the molecule is Cc1cc(N)nc(CN2CCC[C@H]3CCCC[C@H]32)n1. The molecule has 2 atom stereocenters. The molecule has 0 spiro atoms. The van der Waals surface area contributed by atoms with Gasteiger partial charge in [-0.3, -0.25) is 4.90 Å². The monoisotopic (exact) mass is 260 g/mol. The fraction of sp³-hybridized carbons (Fsp3) is 0.733. The highest BCUT2D eigenvalue weighted by atomic mass is 15.2. The molecule has 2 N–H and O–H groups in total. The smallest absolute Gasteiger partial charge is 0.144 e. The van der Waals surface area contributed by atoms with Crippen LogP contribution in [0.2, 0.25) is 0 Å². The summed E-state index contributed by atoms with van der Waals surface area (Å²) in [6.45, 7) is 4.05. The Labute approximate surface area is 115 Å². The van der Waals surface area contributed by atoms with Gasteiger partial charge in [0.1, 0.15) is 11.6 Å². The van der Waals surface area contributed by atoms with Crippen LogP contribution in [0, 0.1) is 12.8 Å². The maximum Gasteiger partial charge on any atom is 0.144 e. The van der Waals surface area contributed by atoms with E-state index >= 15 is 0 Å². The van der Waals surface area contributed by atoms with Gasteiger partial charge in [0.25, 0.3) is 0 Å². The number of anilines is 1. The van der Waals surface area contributed by atoms with Crippen molar-refractivity contribution in [2.24, 2.45) is 5.92 Å². The number of aromatic nitrogens is 2. The molecule has 1 saturated heterocycles. The zero-order chi connectivity index (χ0) is 13.2. The third kappa shape index (κ3) is 2.89.